The van der Waals surface area contributed by atoms with E-state index in [1.54, 1.807) is 32.3 Å². The Balaban J connectivity index is 0.00000127. The maximum absolute atomic E-state index is 12.0. The number of rotatable bonds is 5. The number of anilines is 1. The van der Waals surface area contributed by atoms with Gasteiger partial charge in [-0.2, -0.15) is 0 Å². The summed E-state index contributed by atoms with van der Waals surface area (Å²) in [6, 6.07) is 4.84. The van der Waals surface area contributed by atoms with Gasteiger partial charge < -0.3 is 20.6 Å². The molecule has 0 atom stereocenters. The van der Waals surface area contributed by atoms with Crippen LogP contribution < -0.4 is 10.6 Å². The van der Waals surface area contributed by atoms with E-state index in [-0.39, 0.29) is 23.0 Å². The minimum Gasteiger partial charge on any atom is -0.505 e. The van der Waals surface area contributed by atoms with Gasteiger partial charge in [0.05, 0.1) is 17.7 Å². The Hall–Kier alpha value is -2.50. The second-order valence-corrected chi connectivity index (χ2v) is 5.01. The maximum atomic E-state index is 12.0. The van der Waals surface area contributed by atoms with Crippen molar-refractivity contribution in [2.75, 3.05) is 26.0 Å². The van der Waals surface area contributed by atoms with Gasteiger partial charge in [-0.1, -0.05) is 19.9 Å². The molecule has 6 heteroatoms. The fourth-order valence-corrected chi connectivity index (χ4v) is 2.10. The van der Waals surface area contributed by atoms with Gasteiger partial charge in [0.15, 0.2) is 11.5 Å². The number of carbonyl (C=O) groups is 2. The summed E-state index contributed by atoms with van der Waals surface area (Å²) in [5, 5.41) is 16.2. The van der Waals surface area contributed by atoms with Crippen LogP contribution in [0, 0.1) is 0 Å². The smallest absolute Gasteiger partial charge is 0.257 e. The first-order valence-electron chi connectivity index (χ1n) is 7.76. The predicted molar refractivity (Wildman–Crippen MR) is 91.4 cm³/mol. The number of ketones is 1. The Morgan fingerprint density at radius 1 is 1.30 bits per heavy atom. The third-order valence-electron chi connectivity index (χ3n) is 3.24. The van der Waals surface area contributed by atoms with Gasteiger partial charge in [-0.3, -0.25) is 9.59 Å². The fourth-order valence-electron chi connectivity index (χ4n) is 2.10. The number of para-hydroxylation sites is 1. The number of allylic oxidation sites excluding steroid dienone is 2. The van der Waals surface area contributed by atoms with Crippen molar-refractivity contribution in [2.45, 2.75) is 27.2 Å². The first-order valence-corrected chi connectivity index (χ1v) is 7.76. The lowest BCUT2D eigenvalue weighted by Crippen LogP contribution is -2.32. The quantitative estimate of drug-likeness (QED) is 0.726. The van der Waals surface area contributed by atoms with E-state index in [0.29, 0.717) is 17.8 Å². The van der Waals surface area contributed by atoms with Crippen LogP contribution in [0.15, 0.2) is 29.6 Å². The molecule has 2 rings (SSSR count). The van der Waals surface area contributed by atoms with E-state index in [4.69, 9.17) is 0 Å². The molecule has 0 saturated heterocycles. The number of carbonyl (C=O) groups excluding carboxylic acids is 2. The Bertz CT molecular complexity index is 622. The average Bonchev–Trinajstić information content (AvgIpc) is 2.54. The van der Waals surface area contributed by atoms with Gasteiger partial charge in [0, 0.05) is 26.3 Å². The predicted octanol–water partition coefficient (Wildman–Crippen LogP) is 2.33. The highest BCUT2D eigenvalue weighted by Gasteiger charge is 2.28. The van der Waals surface area contributed by atoms with Crippen LogP contribution >= 0.6 is 0 Å². The van der Waals surface area contributed by atoms with Crippen molar-refractivity contribution in [2.24, 2.45) is 0 Å². The molecule has 126 valence electrons. The van der Waals surface area contributed by atoms with Crippen LogP contribution in [-0.4, -0.2) is 42.3 Å². The molecule has 6 nitrogen and oxygen atoms in total. The maximum Gasteiger partial charge on any atom is 0.257 e. The van der Waals surface area contributed by atoms with Crippen LogP contribution in [0.1, 0.15) is 37.6 Å². The lowest BCUT2D eigenvalue weighted by atomic mass is 9.98. The van der Waals surface area contributed by atoms with Crippen LogP contribution in [0.2, 0.25) is 0 Å². The van der Waals surface area contributed by atoms with Crippen molar-refractivity contribution >= 4 is 17.4 Å². The van der Waals surface area contributed by atoms with E-state index in [1.165, 1.54) is 4.90 Å². The number of nitrogens with zero attached hydrogens (tertiary/aromatic N) is 1. The van der Waals surface area contributed by atoms with Crippen molar-refractivity contribution in [3.63, 3.8) is 0 Å². The van der Waals surface area contributed by atoms with Gasteiger partial charge in [-0.25, -0.2) is 0 Å². The summed E-state index contributed by atoms with van der Waals surface area (Å²) >= 11 is 0. The van der Waals surface area contributed by atoms with Crippen LogP contribution in [0.25, 0.3) is 0 Å². The molecule has 0 aliphatic heterocycles. The monoisotopic (exact) mass is 319 g/mol. The lowest BCUT2D eigenvalue weighted by molar-refractivity contribution is -0.116. The standard InChI is InChI=1S/C15H19N3O3.C2H6/c1-4-16-11-8-12(19)13(11)17-10-7-5-6-9(14(10)20)15(21)18(2)3;1-2/h5-7,16-17,20H,4,8H2,1-3H3;1-2H3. The van der Waals surface area contributed by atoms with E-state index >= 15 is 0 Å². The molecule has 0 radical (unpaired) electrons. The van der Waals surface area contributed by atoms with E-state index in [1.807, 2.05) is 20.8 Å². The molecule has 0 spiro atoms. The number of phenols is 1. The minimum atomic E-state index is -0.294. The van der Waals surface area contributed by atoms with Gasteiger partial charge in [0.25, 0.3) is 5.91 Å². The highest BCUT2D eigenvalue weighted by molar-refractivity contribution is 6.07. The fraction of sp³-hybridized carbons (Fsp3) is 0.412. The van der Waals surface area contributed by atoms with Crippen LogP contribution in [0.5, 0.6) is 5.75 Å². The van der Waals surface area contributed by atoms with Crippen molar-refractivity contribution < 1.29 is 14.7 Å². The Morgan fingerprint density at radius 2 is 1.96 bits per heavy atom. The molecule has 3 N–H and O–H groups in total. The molecule has 0 fully saturated rings. The molecular formula is C17H25N3O3. The second kappa shape index (κ2) is 8.22. The number of Topliss-reactive ketones (excluding diaryl/α,β-unsaturated/α-hetero) is 1. The molecule has 1 aliphatic rings. The van der Waals surface area contributed by atoms with Crippen molar-refractivity contribution in [3.8, 4) is 5.75 Å². The number of hydrogen-bond acceptors (Lipinski definition) is 5. The van der Waals surface area contributed by atoms with Crippen molar-refractivity contribution in [1.82, 2.24) is 10.2 Å². The molecule has 23 heavy (non-hydrogen) atoms. The van der Waals surface area contributed by atoms with E-state index in [9.17, 15) is 14.7 Å². The number of aromatic hydroxyl groups is 1. The molecule has 0 saturated carbocycles. The van der Waals surface area contributed by atoms with Crippen LogP contribution in [-0.2, 0) is 4.79 Å². The highest BCUT2D eigenvalue weighted by Crippen LogP contribution is 2.32. The highest BCUT2D eigenvalue weighted by atomic mass is 16.3. The summed E-state index contributed by atoms with van der Waals surface area (Å²) in [6.07, 6.45) is 0.368. The van der Waals surface area contributed by atoms with Crippen LogP contribution in [0.4, 0.5) is 5.69 Å². The molecule has 0 bridgehead atoms. The normalized spacial score (nSPS) is 12.8. The van der Waals surface area contributed by atoms with Gasteiger partial charge in [0.2, 0.25) is 0 Å². The van der Waals surface area contributed by atoms with Crippen molar-refractivity contribution in [1.29, 1.82) is 0 Å². The van der Waals surface area contributed by atoms with E-state index in [0.717, 1.165) is 12.2 Å². The summed E-state index contributed by atoms with van der Waals surface area (Å²) in [7, 11) is 3.23. The largest absolute Gasteiger partial charge is 0.505 e. The Kier molecular flexibility index (Phi) is 6.63. The third kappa shape index (κ3) is 4.03. The Labute approximate surface area is 137 Å². The number of amides is 1. The number of hydrogen-bond donors (Lipinski definition) is 3. The summed E-state index contributed by atoms with van der Waals surface area (Å²) in [5.74, 6) is -0.467. The van der Waals surface area contributed by atoms with E-state index < -0.39 is 0 Å². The van der Waals surface area contributed by atoms with Gasteiger partial charge >= 0.3 is 0 Å². The zero-order chi connectivity index (χ0) is 17.6. The average molecular weight is 319 g/mol. The van der Waals surface area contributed by atoms with Gasteiger partial charge in [0.1, 0.15) is 5.70 Å². The van der Waals surface area contributed by atoms with Crippen LogP contribution in [0.3, 0.4) is 0 Å². The molecule has 0 unspecified atom stereocenters. The number of benzene rings is 1. The summed E-state index contributed by atoms with van der Waals surface area (Å²) in [4.78, 5) is 25.0. The molecule has 0 aromatic heterocycles. The third-order valence-corrected chi connectivity index (χ3v) is 3.24. The molecule has 1 aromatic rings. The number of phenolic OH excluding ortho intramolecular Hbond substituents is 1. The summed E-state index contributed by atoms with van der Waals surface area (Å²) in [6.45, 7) is 6.67. The Morgan fingerprint density at radius 3 is 2.48 bits per heavy atom. The minimum absolute atomic E-state index is 0.0188. The summed E-state index contributed by atoms with van der Waals surface area (Å²) < 4.78 is 0. The SMILES string of the molecule is CC.CCNC1=C(Nc2cccc(C(=O)N(C)C)c2O)C(=O)C1. The topological polar surface area (TPSA) is 81.7 Å². The zero-order valence-corrected chi connectivity index (χ0v) is 14.4. The molecule has 1 amide bonds. The molecular weight excluding hydrogens is 294 g/mol. The number of nitrogens with one attached hydrogen (secondary N) is 2. The van der Waals surface area contributed by atoms with Gasteiger partial charge in [-0.05, 0) is 19.1 Å². The lowest BCUT2D eigenvalue weighted by Gasteiger charge is -2.25. The van der Waals surface area contributed by atoms with E-state index in [2.05, 4.69) is 10.6 Å². The molecule has 1 aliphatic carbocycles. The molecule has 1 aromatic carbocycles. The summed E-state index contributed by atoms with van der Waals surface area (Å²) in [5.41, 5.74) is 1.82. The zero-order valence-electron chi connectivity index (χ0n) is 14.4. The van der Waals surface area contributed by atoms with Crippen molar-refractivity contribution in [3.05, 3.63) is 35.2 Å². The molecule has 0 heterocycles. The first-order chi connectivity index (χ1) is 11.0. The first kappa shape index (κ1) is 18.5. The second-order valence-electron chi connectivity index (χ2n) is 5.01. The van der Waals surface area contributed by atoms with Gasteiger partial charge in [-0.15, -0.1) is 0 Å².